The number of likely N-dealkylation sites (tertiary alicyclic amines) is 1. The summed E-state index contributed by atoms with van der Waals surface area (Å²) in [4.78, 5) is 19.6. The molecule has 1 saturated heterocycles. The standard InChI is InChI=1S/C18H29N3OS2/c1-13-12-23-17(19-13)24-15-6-4-14(5-7-15)20-16(22)18(2)8-10-21(3)11-9-18/h12,14-15H,4-11H2,1-3H3,(H,20,22). The number of aromatic nitrogens is 1. The molecule has 6 heteroatoms. The fourth-order valence-corrected chi connectivity index (χ4v) is 5.84. The van der Waals surface area contributed by atoms with Crippen LogP contribution in [0.2, 0.25) is 0 Å². The van der Waals surface area contributed by atoms with Crippen LogP contribution in [0.3, 0.4) is 0 Å². The SMILES string of the molecule is Cc1csc(SC2CCC(NC(=O)C3(C)CCN(C)CC3)CC2)n1. The maximum Gasteiger partial charge on any atom is 0.226 e. The molecule has 0 radical (unpaired) electrons. The summed E-state index contributed by atoms with van der Waals surface area (Å²) in [7, 11) is 2.14. The van der Waals surface area contributed by atoms with Crippen LogP contribution in [0.5, 0.6) is 0 Å². The van der Waals surface area contributed by atoms with E-state index in [9.17, 15) is 4.79 Å². The second kappa shape index (κ2) is 7.75. The summed E-state index contributed by atoms with van der Waals surface area (Å²) in [6.07, 6.45) is 6.50. The van der Waals surface area contributed by atoms with Crippen LogP contribution in [0.15, 0.2) is 9.72 Å². The van der Waals surface area contributed by atoms with Gasteiger partial charge in [0, 0.05) is 27.8 Å². The van der Waals surface area contributed by atoms with Crippen LogP contribution >= 0.6 is 23.1 Å². The molecule has 0 aromatic carbocycles. The Bertz CT molecular complexity index is 558. The van der Waals surface area contributed by atoms with Crippen molar-refractivity contribution < 1.29 is 4.79 Å². The molecule has 1 saturated carbocycles. The van der Waals surface area contributed by atoms with Crippen LogP contribution in [0.25, 0.3) is 0 Å². The number of thiazole rings is 1. The van der Waals surface area contributed by atoms with Crippen molar-refractivity contribution in [3.8, 4) is 0 Å². The Morgan fingerprint density at radius 1 is 1.33 bits per heavy atom. The molecule has 4 nitrogen and oxygen atoms in total. The molecule has 0 unspecified atom stereocenters. The molecule has 0 bridgehead atoms. The van der Waals surface area contributed by atoms with E-state index in [1.165, 1.54) is 17.2 Å². The van der Waals surface area contributed by atoms with Gasteiger partial charge in [0.25, 0.3) is 0 Å². The number of thioether (sulfide) groups is 1. The Morgan fingerprint density at radius 2 is 2.00 bits per heavy atom. The number of hydrogen-bond donors (Lipinski definition) is 1. The predicted molar refractivity (Wildman–Crippen MR) is 102 cm³/mol. The smallest absolute Gasteiger partial charge is 0.226 e. The van der Waals surface area contributed by atoms with E-state index >= 15 is 0 Å². The molecular weight excluding hydrogens is 338 g/mol. The first-order valence-corrected chi connectivity index (χ1v) is 10.8. The number of amides is 1. The predicted octanol–water partition coefficient (Wildman–Crippen LogP) is 3.70. The highest BCUT2D eigenvalue weighted by Gasteiger charge is 2.37. The third kappa shape index (κ3) is 4.52. The van der Waals surface area contributed by atoms with E-state index in [0.717, 1.165) is 44.5 Å². The Hall–Kier alpha value is -0.590. The highest BCUT2D eigenvalue weighted by Crippen LogP contribution is 2.36. The van der Waals surface area contributed by atoms with E-state index in [1.54, 1.807) is 11.3 Å². The molecule has 1 aromatic rings. The zero-order valence-electron chi connectivity index (χ0n) is 15.0. The Morgan fingerprint density at radius 3 is 2.58 bits per heavy atom. The minimum absolute atomic E-state index is 0.170. The Balaban J connectivity index is 1.44. The van der Waals surface area contributed by atoms with Crippen LogP contribution < -0.4 is 5.32 Å². The highest BCUT2D eigenvalue weighted by molar-refractivity contribution is 8.01. The summed E-state index contributed by atoms with van der Waals surface area (Å²) in [5, 5.41) is 6.13. The van der Waals surface area contributed by atoms with Crippen molar-refractivity contribution in [1.82, 2.24) is 15.2 Å². The number of nitrogens with zero attached hydrogens (tertiary/aromatic N) is 2. The zero-order chi connectivity index (χ0) is 17.2. The van der Waals surface area contributed by atoms with Crippen molar-refractivity contribution in [3.63, 3.8) is 0 Å². The third-order valence-corrected chi connectivity index (χ3v) is 7.94. The van der Waals surface area contributed by atoms with Gasteiger partial charge >= 0.3 is 0 Å². The van der Waals surface area contributed by atoms with Crippen molar-refractivity contribution in [2.45, 2.75) is 68.0 Å². The number of piperidine rings is 1. The highest BCUT2D eigenvalue weighted by atomic mass is 32.2. The second-order valence-corrected chi connectivity index (χ2v) is 10.1. The van der Waals surface area contributed by atoms with E-state index in [-0.39, 0.29) is 11.3 Å². The maximum absolute atomic E-state index is 12.7. The maximum atomic E-state index is 12.7. The molecular formula is C18H29N3OS2. The van der Waals surface area contributed by atoms with E-state index in [1.807, 2.05) is 11.8 Å². The first-order chi connectivity index (χ1) is 11.4. The van der Waals surface area contributed by atoms with Crippen LogP contribution in [0.1, 0.15) is 51.1 Å². The first kappa shape index (κ1) is 18.2. The van der Waals surface area contributed by atoms with Gasteiger partial charge in [0.2, 0.25) is 5.91 Å². The molecule has 2 aliphatic rings. The van der Waals surface area contributed by atoms with Gasteiger partial charge in [-0.05, 0) is 65.6 Å². The Kier molecular flexibility index (Phi) is 5.88. The number of carbonyl (C=O) groups is 1. The minimum atomic E-state index is -0.170. The molecule has 1 N–H and O–H groups in total. The lowest BCUT2D eigenvalue weighted by atomic mass is 9.79. The van der Waals surface area contributed by atoms with Gasteiger partial charge in [-0.3, -0.25) is 4.79 Å². The molecule has 3 rings (SSSR count). The largest absolute Gasteiger partial charge is 0.353 e. The average molecular weight is 368 g/mol. The Labute approximate surface area is 153 Å². The normalized spacial score (nSPS) is 27.8. The lowest BCUT2D eigenvalue weighted by Crippen LogP contribution is -2.49. The van der Waals surface area contributed by atoms with Gasteiger partial charge in [-0.1, -0.05) is 18.7 Å². The van der Waals surface area contributed by atoms with Gasteiger partial charge in [-0.25, -0.2) is 4.98 Å². The average Bonchev–Trinajstić information content (AvgIpc) is 2.97. The summed E-state index contributed by atoms with van der Waals surface area (Å²) in [5.74, 6) is 0.280. The molecule has 1 aliphatic carbocycles. The number of carbonyl (C=O) groups excluding carboxylic acids is 1. The van der Waals surface area contributed by atoms with Crippen LogP contribution in [-0.2, 0) is 4.79 Å². The third-order valence-electron chi connectivity index (χ3n) is 5.51. The van der Waals surface area contributed by atoms with Gasteiger partial charge < -0.3 is 10.2 Å². The molecule has 1 aromatic heterocycles. The minimum Gasteiger partial charge on any atom is -0.353 e. The quantitative estimate of drug-likeness (QED) is 0.881. The zero-order valence-corrected chi connectivity index (χ0v) is 16.6. The van der Waals surface area contributed by atoms with Gasteiger partial charge in [0.15, 0.2) is 0 Å². The van der Waals surface area contributed by atoms with Crippen molar-refractivity contribution in [2.24, 2.45) is 5.41 Å². The van der Waals surface area contributed by atoms with Gasteiger partial charge in [0.1, 0.15) is 4.34 Å². The molecule has 2 fully saturated rings. The molecule has 24 heavy (non-hydrogen) atoms. The van der Waals surface area contributed by atoms with Crippen molar-refractivity contribution >= 4 is 29.0 Å². The fourth-order valence-electron chi connectivity index (χ4n) is 3.55. The van der Waals surface area contributed by atoms with E-state index in [2.05, 4.69) is 41.5 Å². The molecule has 1 amide bonds. The van der Waals surface area contributed by atoms with Crippen molar-refractivity contribution in [3.05, 3.63) is 11.1 Å². The van der Waals surface area contributed by atoms with E-state index in [4.69, 9.17) is 0 Å². The van der Waals surface area contributed by atoms with Crippen molar-refractivity contribution in [2.75, 3.05) is 20.1 Å². The topological polar surface area (TPSA) is 45.2 Å². The van der Waals surface area contributed by atoms with Gasteiger partial charge in [-0.2, -0.15) is 0 Å². The van der Waals surface area contributed by atoms with Gasteiger partial charge in [-0.15, -0.1) is 11.3 Å². The number of nitrogens with one attached hydrogen (secondary N) is 1. The van der Waals surface area contributed by atoms with Crippen LogP contribution in [0.4, 0.5) is 0 Å². The number of aryl methyl sites for hydroxylation is 1. The van der Waals surface area contributed by atoms with Crippen molar-refractivity contribution in [1.29, 1.82) is 0 Å². The second-order valence-electron chi connectivity index (χ2n) is 7.68. The first-order valence-electron chi connectivity index (χ1n) is 9.03. The summed E-state index contributed by atoms with van der Waals surface area (Å²) in [6.45, 7) is 6.25. The monoisotopic (exact) mass is 367 g/mol. The summed E-state index contributed by atoms with van der Waals surface area (Å²) < 4.78 is 1.19. The molecule has 1 aliphatic heterocycles. The lowest BCUT2D eigenvalue weighted by molar-refractivity contribution is -0.133. The van der Waals surface area contributed by atoms with Gasteiger partial charge in [0.05, 0.1) is 0 Å². The molecule has 134 valence electrons. The summed E-state index contributed by atoms with van der Waals surface area (Å²) in [6, 6.07) is 0.365. The number of rotatable bonds is 4. The molecule has 0 spiro atoms. The molecule has 0 atom stereocenters. The number of hydrogen-bond acceptors (Lipinski definition) is 5. The molecule has 2 heterocycles. The lowest BCUT2D eigenvalue weighted by Gasteiger charge is -2.38. The summed E-state index contributed by atoms with van der Waals surface area (Å²) >= 11 is 3.67. The summed E-state index contributed by atoms with van der Waals surface area (Å²) in [5.41, 5.74) is 0.950. The fraction of sp³-hybridized carbons (Fsp3) is 0.778. The van der Waals surface area contributed by atoms with E-state index in [0.29, 0.717) is 11.3 Å². The van der Waals surface area contributed by atoms with Crippen LogP contribution in [-0.4, -0.2) is 47.2 Å². The van der Waals surface area contributed by atoms with Crippen LogP contribution in [0, 0.1) is 12.3 Å². The van der Waals surface area contributed by atoms with E-state index < -0.39 is 0 Å².